The number of nitrogens with zero attached hydrogens (tertiary/aromatic N) is 5. The highest BCUT2D eigenvalue weighted by molar-refractivity contribution is 6.30. The highest BCUT2D eigenvalue weighted by Crippen LogP contribution is 2.38. The fourth-order valence-electron chi connectivity index (χ4n) is 4.82. The van der Waals surface area contributed by atoms with Gasteiger partial charge in [0.25, 0.3) is 0 Å². The molecule has 3 heterocycles. The fourth-order valence-corrected chi connectivity index (χ4v) is 5.00. The van der Waals surface area contributed by atoms with Gasteiger partial charge in [0.05, 0.1) is 36.1 Å². The van der Waals surface area contributed by atoms with Crippen LogP contribution in [0.25, 0.3) is 23.0 Å². The molecule has 14 heteroatoms. The summed E-state index contributed by atoms with van der Waals surface area (Å²) in [4.78, 5) is 46.3. The molecule has 222 valence electrons. The van der Waals surface area contributed by atoms with Crippen molar-refractivity contribution in [2.75, 3.05) is 23.1 Å². The first-order chi connectivity index (χ1) is 20.8. The second-order valence-electron chi connectivity index (χ2n) is 10.2. The maximum Gasteiger partial charge on any atom is 0.411 e. The van der Waals surface area contributed by atoms with Gasteiger partial charge in [0.1, 0.15) is 12.2 Å². The number of carbonyl (C=O) groups is 3. The Bertz CT molecular complexity index is 1670. The van der Waals surface area contributed by atoms with Crippen LogP contribution in [0.5, 0.6) is 0 Å². The molecular weight excluding hydrogens is 574 g/mol. The lowest BCUT2D eigenvalue weighted by atomic mass is 9.98. The normalized spacial score (nSPS) is 15.4. The number of amides is 3. The molecule has 2 aromatic carbocycles. The minimum absolute atomic E-state index is 0.185. The van der Waals surface area contributed by atoms with Crippen LogP contribution in [0, 0.1) is 5.92 Å². The summed E-state index contributed by atoms with van der Waals surface area (Å²) < 4.78 is 6.22. The van der Waals surface area contributed by atoms with Crippen LogP contribution in [0.4, 0.5) is 21.9 Å². The number of H-pyrrole nitrogens is 1. The van der Waals surface area contributed by atoms with Crippen molar-refractivity contribution >= 4 is 52.6 Å². The number of benzene rings is 2. The summed E-state index contributed by atoms with van der Waals surface area (Å²) in [6.07, 6.45) is 9.02. The zero-order valence-corrected chi connectivity index (χ0v) is 24.3. The molecule has 1 aliphatic heterocycles. The number of aromatic amines is 1. The number of tetrazole rings is 1. The number of ether oxygens (including phenoxy) is 1. The Labute approximate surface area is 252 Å². The second-order valence-corrected chi connectivity index (χ2v) is 10.6. The van der Waals surface area contributed by atoms with Crippen LogP contribution >= 0.6 is 11.6 Å². The molecule has 0 saturated heterocycles. The van der Waals surface area contributed by atoms with Gasteiger partial charge in [-0.05, 0) is 65.6 Å². The van der Waals surface area contributed by atoms with E-state index in [0.29, 0.717) is 56.9 Å². The van der Waals surface area contributed by atoms with Crippen LogP contribution in [0.1, 0.15) is 44.0 Å². The third-order valence-corrected chi connectivity index (χ3v) is 7.21. The molecule has 2 aromatic heterocycles. The van der Waals surface area contributed by atoms with Crippen LogP contribution < -0.4 is 16.0 Å². The van der Waals surface area contributed by atoms with Crippen molar-refractivity contribution < 1.29 is 19.1 Å². The van der Waals surface area contributed by atoms with Gasteiger partial charge >= 0.3 is 6.09 Å². The lowest BCUT2D eigenvalue weighted by Crippen LogP contribution is -2.17. The predicted octanol–water partition coefficient (Wildman–Crippen LogP) is 5.23. The fraction of sp³-hybridized carbons (Fsp3) is 0.276. The van der Waals surface area contributed by atoms with Crippen LogP contribution in [0.3, 0.4) is 0 Å². The van der Waals surface area contributed by atoms with Crippen molar-refractivity contribution in [3.05, 3.63) is 65.3 Å². The Morgan fingerprint density at radius 2 is 2.02 bits per heavy atom. The number of imidazole rings is 1. The third-order valence-electron chi connectivity index (χ3n) is 6.97. The van der Waals surface area contributed by atoms with Crippen molar-refractivity contribution in [2.45, 2.75) is 39.0 Å². The van der Waals surface area contributed by atoms with Gasteiger partial charge < -0.3 is 20.4 Å². The lowest BCUT2D eigenvalue weighted by Gasteiger charge is -2.18. The Morgan fingerprint density at radius 1 is 1.16 bits per heavy atom. The predicted molar refractivity (Wildman–Crippen MR) is 162 cm³/mol. The molecule has 0 spiro atoms. The summed E-state index contributed by atoms with van der Waals surface area (Å²) in [5.41, 5.74) is 3.33. The monoisotopic (exact) mass is 603 g/mol. The van der Waals surface area contributed by atoms with E-state index in [1.54, 1.807) is 42.6 Å². The first kappa shape index (κ1) is 29.5. The van der Waals surface area contributed by atoms with Gasteiger partial charge in [-0.1, -0.05) is 24.9 Å². The van der Waals surface area contributed by atoms with Crippen LogP contribution in [0.2, 0.25) is 5.02 Å². The molecule has 1 atom stereocenters. The summed E-state index contributed by atoms with van der Waals surface area (Å²) >= 11 is 6.22. The maximum absolute atomic E-state index is 13.3. The third kappa shape index (κ3) is 7.43. The Kier molecular flexibility index (Phi) is 9.11. The van der Waals surface area contributed by atoms with Gasteiger partial charge in [-0.3, -0.25) is 14.9 Å². The number of rotatable bonds is 5. The first-order valence-electron chi connectivity index (χ1n) is 13.7. The zero-order valence-electron chi connectivity index (χ0n) is 23.6. The van der Waals surface area contributed by atoms with E-state index in [4.69, 9.17) is 16.3 Å². The van der Waals surface area contributed by atoms with Gasteiger partial charge in [-0.15, -0.1) is 5.10 Å². The van der Waals surface area contributed by atoms with E-state index in [-0.39, 0.29) is 5.91 Å². The molecule has 0 unspecified atom stereocenters. The van der Waals surface area contributed by atoms with E-state index < -0.39 is 12.0 Å². The van der Waals surface area contributed by atoms with Crippen molar-refractivity contribution in [3.63, 3.8) is 0 Å². The van der Waals surface area contributed by atoms with E-state index in [9.17, 15) is 14.4 Å². The van der Waals surface area contributed by atoms with Gasteiger partial charge in [-0.2, -0.15) is 4.68 Å². The van der Waals surface area contributed by atoms with Gasteiger partial charge in [0, 0.05) is 40.8 Å². The number of aromatic nitrogens is 6. The van der Waals surface area contributed by atoms with E-state index in [1.165, 1.54) is 24.2 Å². The Morgan fingerprint density at radius 3 is 2.81 bits per heavy atom. The molecule has 1 aliphatic rings. The SMILES string of the molecule is COC(=O)Nc1cc(NC(=O)C=Cc2cc(Cl)ccc2-n2cnnn2)c2c(c1)NC(=O)CC[C@@H](C)CCCc1ncc-2[nH]1. The number of carbonyl (C=O) groups excluding carboxylic acids is 3. The topological polar surface area (TPSA) is 169 Å². The number of fused-ring (bicyclic) bond motifs is 4. The summed E-state index contributed by atoms with van der Waals surface area (Å²) in [6.45, 7) is 2.13. The molecule has 0 aliphatic carbocycles. The van der Waals surface area contributed by atoms with E-state index in [2.05, 4.69) is 48.4 Å². The minimum atomic E-state index is -0.707. The standard InChI is InChI=1S/C29H30ClN9O4/c1-17-4-3-5-25-31-15-23(34-25)28-21(35-26(40)10-6-17)13-20(33-29(42)43-2)14-22(28)36-27(41)11-7-18-12-19(30)8-9-24(18)39-16-32-37-38-39/h7-9,11-17H,3-6,10H2,1-2H3,(H,31,34)(H,33,42)(H,35,40)(H,36,41)/t17-/m0/s1. The van der Waals surface area contributed by atoms with Crippen LogP contribution in [0.15, 0.2) is 48.9 Å². The van der Waals surface area contributed by atoms with Crippen molar-refractivity contribution in [3.8, 4) is 16.9 Å². The highest BCUT2D eigenvalue weighted by atomic mass is 35.5. The number of halogens is 1. The molecule has 4 N–H and O–H groups in total. The molecule has 0 saturated carbocycles. The largest absolute Gasteiger partial charge is 0.453 e. The molecular formula is C29H30ClN9O4. The molecule has 43 heavy (non-hydrogen) atoms. The molecule has 13 nitrogen and oxygen atoms in total. The second kappa shape index (κ2) is 13.3. The van der Waals surface area contributed by atoms with Crippen LogP contribution in [-0.2, 0) is 20.7 Å². The molecule has 0 radical (unpaired) electrons. The number of aryl methyl sites for hydroxylation is 1. The van der Waals surface area contributed by atoms with Crippen molar-refractivity contribution in [1.29, 1.82) is 0 Å². The van der Waals surface area contributed by atoms with Crippen LogP contribution in [-0.4, -0.2) is 55.2 Å². The Balaban J connectivity index is 1.53. The lowest BCUT2D eigenvalue weighted by molar-refractivity contribution is -0.116. The quantitative estimate of drug-likeness (QED) is 0.225. The molecule has 3 amide bonds. The maximum atomic E-state index is 13.3. The Hall–Kier alpha value is -5.04. The highest BCUT2D eigenvalue weighted by Gasteiger charge is 2.20. The summed E-state index contributed by atoms with van der Waals surface area (Å²) in [5, 5.41) is 20.2. The smallest absolute Gasteiger partial charge is 0.411 e. The van der Waals surface area contributed by atoms with Gasteiger partial charge in [-0.25, -0.2) is 9.78 Å². The van der Waals surface area contributed by atoms with E-state index in [1.807, 2.05) is 0 Å². The van der Waals surface area contributed by atoms with E-state index in [0.717, 1.165) is 31.5 Å². The number of hydrogen-bond donors (Lipinski definition) is 4. The van der Waals surface area contributed by atoms with Crippen molar-refractivity contribution in [2.24, 2.45) is 5.92 Å². The zero-order chi connectivity index (χ0) is 30.3. The average Bonchev–Trinajstić information content (AvgIpc) is 3.68. The number of hydrogen-bond acceptors (Lipinski definition) is 8. The summed E-state index contributed by atoms with van der Waals surface area (Å²) in [7, 11) is 1.24. The minimum Gasteiger partial charge on any atom is -0.453 e. The molecule has 0 fully saturated rings. The summed E-state index contributed by atoms with van der Waals surface area (Å²) in [6, 6.07) is 8.31. The van der Waals surface area contributed by atoms with Crippen molar-refractivity contribution in [1.82, 2.24) is 30.2 Å². The number of nitrogens with one attached hydrogen (secondary N) is 4. The van der Waals surface area contributed by atoms with Gasteiger partial charge in [0.15, 0.2) is 0 Å². The number of anilines is 3. The first-order valence-corrected chi connectivity index (χ1v) is 14.1. The molecule has 2 bridgehead atoms. The molecule has 5 rings (SSSR count). The summed E-state index contributed by atoms with van der Waals surface area (Å²) in [5.74, 6) is 0.498. The van der Waals surface area contributed by atoms with E-state index >= 15 is 0 Å². The average molecular weight is 604 g/mol. The number of methoxy groups -OCH3 is 1. The van der Waals surface area contributed by atoms with Gasteiger partial charge in [0.2, 0.25) is 11.8 Å². The molecule has 4 aromatic rings.